The first kappa shape index (κ1) is 14.0. The maximum atomic E-state index is 3.55. The number of nitrogens with one attached hydrogen (secondary N) is 1. The van der Waals surface area contributed by atoms with E-state index in [1.165, 1.54) is 25.8 Å². The standard InChI is InChI=1S/C14H30N2/c1-12(13-6-7-13)16(5)11-10-15-9-8-14(2,3)4/h12-13,15H,6-11H2,1-5H3. The summed E-state index contributed by atoms with van der Waals surface area (Å²) in [7, 11) is 2.26. The van der Waals surface area contributed by atoms with Gasteiger partial charge in [0, 0.05) is 19.1 Å². The number of hydrogen-bond acceptors (Lipinski definition) is 2. The Morgan fingerprint density at radius 3 is 2.38 bits per heavy atom. The van der Waals surface area contributed by atoms with Crippen LogP contribution in [-0.2, 0) is 0 Å². The van der Waals surface area contributed by atoms with Crippen LogP contribution in [0.2, 0.25) is 0 Å². The number of likely N-dealkylation sites (N-methyl/N-ethyl adjacent to an activating group) is 1. The summed E-state index contributed by atoms with van der Waals surface area (Å²) < 4.78 is 0. The van der Waals surface area contributed by atoms with Gasteiger partial charge in [0.15, 0.2) is 0 Å². The Labute approximate surface area is 102 Å². The molecule has 0 aromatic carbocycles. The molecular weight excluding hydrogens is 196 g/mol. The van der Waals surface area contributed by atoms with Crippen LogP contribution in [0.1, 0.15) is 47.0 Å². The minimum Gasteiger partial charge on any atom is -0.315 e. The topological polar surface area (TPSA) is 15.3 Å². The first-order valence-electron chi connectivity index (χ1n) is 6.81. The lowest BCUT2D eigenvalue weighted by molar-refractivity contribution is 0.233. The van der Waals surface area contributed by atoms with Crippen LogP contribution in [0.4, 0.5) is 0 Å². The molecule has 0 aliphatic heterocycles. The molecule has 1 atom stereocenters. The van der Waals surface area contributed by atoms with Crippen LogP contribution in [0.3, 0.4) is 0 Å². The third-order valence-electron chi connectivity index (χ3n) is 3.69. The summed E-state index contributed by atoms with van der Waals surface area (Å²) in [5, 5.41) is 3.55. The number of rotatable bonds is 7. The summed E-state index contributed by atoms with van der Waals surface area (Å²) in [6, 6.07) is 0.782. The lowest BCUT2D eigenvalue weighted by Gasteiger charge is -2.25. The lowest BCUT2D eigenvalue weighted by atomic mass is 9.92. The molecule has 1 aliphatic rings. The third kappa shape index (κ3) is 5.86. The van der Waals surface area contributed by atoms with Crippen molar-refractivity contribution in [3.05, 3.63) is 0 Å². The minimum atomic E-state index is 0.459. The molecule has 1 fully saturated rings. The van der Waals surface area contributed by atoms with E-state index in [-0.39, 0.29) is 0 Å². The molecule has 0 heterocycles. The molecule has 0 bridgehead atoms. The van der Waals surface area contributed by atoms with Crippen LogP contribution in [0, 0.1) is 11.3 Å². The van der Waals surface area contributed by atoms with Crippen LogP contribution in [0.25, 0.3) is 0 Å². The number of hydrogen-bond donors (Lipinski definition) is 1. The molecule has 1 aliphatic carbocycles. The number of nitrogens with zero attached hydrogens (tertiary/aromatic N) is 1. The molecule has 2 nitrogen and oxygen atoms in total. The Morgan fingerprint density at radius 1 is 1.25 bits per heavy atom. The van der Waals surface area contributed by atoms with Crippen molar-refractivity contribution >= 4 is 0 Å². The predicted octanol–water partition coefficient (Wildman–Crippen LogP) is 2.74. The van der Waals surface area contributed by atoms with Crippen LogP contribution >= 0.6 is 0 Å². The molecule has 1 N–H and O–H groups in total. The van der Waals surface area contributed by atoms with E-state index >= 15 is 0 Å². The Morgan fingerprint density at radius 2 is 1.88 bits per heavy atom. The summed E-state index contributed by atoms with van der Waals surface area (Å²) in [6.07, 6.45) is 4.15. The molecule has 1 unspecified atom stereocenters. The van der Waals surface area contributed by atoms with E-state index in [4.69, 9.17) is 0 Å². The first-order valence-corrected chi connectivity index (χ1v) is 6.81. The fourth-order valence-corrected chi connectivity index (χ4v) is 1.99. The zero-order chi connectivity index (χ0) is 12.2. The minimum absolute atomic E-state index is 0.459. The molecule has 0 amide bonds. The molecule has 1 rings (SSSR count). The van der Waals surface area contributed by atoms with Crippen molar-refractivity contribution in [1.29, 1.82) is 0 Å². The summed E-state index contributed by atoms with van der Waals surface area (Å²) in [4.78, 5) is 2.50. The van der Waals surface area contributed by atoms with E-state index in [0.29, 0.717) is 5.41 Å². The fraction of sp³-hybridized carbons (Fsp3) is 1.00. The lowest BCUT2D eigenvalue weighted by Crippen LogP contribution is -2.37. The molecular formula is C14H30N2. The van der Waals surface area contributed by atoms with Gasteiger partial charge in [0.25, 0.3) is 0 Å². The van der Waals surface area contributed by atoms with Gasteiger partial charge in [-0.1, -0.05) is 20.8 Å². The van der Waals surface area contributed by atoms with Gasteiger partial charge in [0.1, 0.15) is 0 Å². The molecule has 96 valence electrons. The maximum absolute atomic E-state index is 3.55. The van der Waals surface area contributed by atoms with E-state index in [1.807, 2.05) is 0 Å². The summed E-state index contributed by atoms with van der Waals surface area (Å²) >= 11 is 0. The van der Waals surface area contributed by atoms with Crippen molar-refractivity contribution in [3.8, 4) is 0 Å². The SMILES string of the molecule is CC(C1CC1)N(C)CCNCCC(C)(C)C. The summed E-state index contributed by atoms with van der Waals surface area (Å²) in [5.41, 5.74) is 0.459. The average molecular weight is 226 g/mol. The fourth-order valence-electron chi connectivity index (χ4n) is 1.99. The highest BCUT2D eigenvalue weighted by Gasteiger charge is 2.29. The normalized spacial score (nSPS) is 19.1. The molecule has 16 heavy (non-hydrogen) atoms. The van der Waals surface area contributed by atoms with Crippen LogP contribution in [0.15, 0.2) is 0 Å². The van der Waals surface area contributed by atoms with Crippen LogP contribution < -0.4 is 5.32 Å². The van der Waals surface area contributed by atoms with Crippen molar-refractivity contribution in [1.82, 2.24) is 10.2 Å². The highest BCUT2D eigenvalue weighted by molar-refractivity contribution is 4.84. The van der Waals surface area contributed by atoms with Gasteiger partial charge in [-0.3, -0.25) is 0 Å². The highest BCUT2D eigenvalue weighted by Crippen LogP contribution is 2.34. The van der Waals surface area contributed by atoms with Crippen molar-refractivity contribution in [2.45, 2.75) is 53.0 Å². The largest absolute Gasteiger partial charge is 0.315 e. The molecule has 1 saturated carbocycles. The second-order valence-corrected chi connectivity index (χ2v) is 6.62. The molecule has 2 heteroatoms. The zero-order valence-electron chi connectivity index (χ0n) is 11.8. The van der Waals surface area contributed by atoms with E-state index < -0.39 is 0 Å². The van der Waals surface area contributed by atoms with Gasteiger partial charge in [-0.2, -0.15) is 0 Å². The monoisotopic (exact) mass is 226 g/mol. The molecule has 0 saturated heterocycles. The second-order valence-electron chi connectivity index (χ2n) is 6.62. The van der Waals surface area contributed by atoms with Gasteiger partial charge >= 0.3 is 0 Å². The summed E-state index contributed by atoms with van der Waals surface area (Å²) in [6.45, 7) is 12.7. The Bertz CT molecular complexity index is 191. The van der Waals surface area contributed by atoms with Crippen molar-refractivity contribution in [2.24, 2.45) is 11.3 Å². The quantitative estimate of drug-likeness (QED) is 0.672. The average Bonchev–Trinajstić information content (AvgIpc) is 2.97. The molecule has 0 aromatic rings. The van der Waals surface area contributed by atoms with Gasteiger partial charge in [0.2, 0.25) is 0 Å². The smallest absolute Gasteiger partial charge is 0.0107 e. The second kappa shape index (κ2) is 6.02. The predicted molar refractivity (Wildman–Crippen MR) is 71.8 cm³/mol. The van der Waals surface area contributed by atoms with Gasteiger partial charge in [0.05, 0.1) is 0 Å². The Balaban J connectivity index is 1.98. The zero-order valence-corrected chi connectivity index (χ0v) is 11.8. The van der Waals surface area contributed by atoms with E-state index in [0.717, 1.165) is 25.0 Å². The Hall–Kier alpha value is -0.0800. The highest BCUT2D eigenvalue weighted by atomic mass is 15.1. The van der Waals surface area contributed by atoms with Gasteiger partial charge in [-0.25, -0.2) is 0 Å². The molecule has 0 radical (unpaired) electrons. The van der Waals surface area contributed by atoms with Gasteiger partial charge < -0.3 is 10.2 Å². The molecule has 0 aromatic heterocycles. The van der Waals surface area contributed by atoms with Crippen LogP contribution in [0.5, 0.6) is 0 Å². The van der Waals surface area contributed by atoms with Crippen molar-refractivity contribution in [3.63, 3.8) is 0 Å². The first-order chi connectivity index (χ1) is 7.40. The van der Waals surface area contributed by atoms with E-state index in [9.17, 15) is 0 Å². The third-order valence-corrected chi connectivity index (χ3v) is 3.69. The van der Waals surface area contributed by atoms with E-state index in [2.05, 4.69) is 45.0 Å². The Kier molecular flexibility index (Phi) is 5.26. The van der Waals surface area contributed by atoms with Crippen molar-refractivity contribution in [2.75, 3.05) is 26.7 Å². The maximum Gasteiger partial charge on any atom is 0.0107 e. The summed E-state index contributed by atoms with van der Waals surface area (Å²) in [5.74, 6) is 0.986. The molecule has 0 spiro atoms. The van der Waals surface area contributed by atoms with E-state index in [1.54, 1.807) is 0 Å². The van der Waals surface area contributed by atoms with Crippen LogP contribution in [-0.4, -0.2) is 37.6 Å². The van der Waals surface area contributed by atoms with Gasteiger partial charge in [-0.15, -0.1) is 0 Å². The van der Waals surface area contributed by atoms with Crippen molar-refractivity contribution < 1.29 is 0 Å². The van der Waals surface area contributed by atoms with Gasteiger partial charge in [-0.05, 0) is 51.1 Å².